The Morgan fingerprint density at radius 1 is 1.00 bits per heavy atom. The highest BCUT2D eigenvalue weighted by Gasteiger charge is 2.54. The molecular weight excluding hydrogens is 338 g/mol. The minimum absolute atomic E-state index is 0.0413. The number of quaternary nitrogens is 1. The number of hydrogen-bond acceptors (Lipinski definition) is 3. The molecule has 4 saturated carbocycles. The molecular formula is C23H32NO3+. The topological polar surface area (TPSA) is 40.0 Å². The molecule has 1 unspecified atom stereocenters. The predicted molar refractivity (Wildman–Crippen MR) is 103 cm³/mol. The van der Waals surface area contributed by atoms with E-state index in [4.69, 9.17) is 9.47 Å². The van der Waals surface area contributed by atoms with Gasteiger partial charge in [-0.1, -0.05) is 0 Å². The van der Waals surface area contributed by atoms with Gasteiger partial charge in [0.05, 0.1) is 20.8 Å². The van der Waals surface area contributed by atoms with Gasteiger partial charge in [0.15, 0.2) is 17.3 Å². The molecule has 1 heterocycles. The van der Waals surface area contributed by atoms with Crippen LogP contribution in [0.5, 0.6) is 11.5 Å². The molecule has 0 spiro atoms. The van der Waals surface area contributed by atoms with Crippen LogP contribution in [0, 0.1) is 23.2 Å². The van der Waals surface area contributed by atoms with Crippen molar-refractivity contribution in [1.29, 1.82) is 0 Å². The van der Waals surface area contributed by atoms with Crippen molar-refractivity contribution in [1.82, 2.24) is 0 Å². The molecule has 1 aromatic carbocycles. The van der Waals surface area contributed by atoms with Crippen LogP contribution in [0.4, 0.5) is 0 Å². The highest BCUT2D eigenvalue weighted by atomic mass is 16.5. The minimum Gasteiger partial charge on any atom is -0.493 e. The van der Waals surface area contributed by atoms with Crippen LogP contribution >= 0.6 is 0 Å². The van der Waals surface area contributed by atoms with Crippen molar-refractivity contribution >= 4 is 5.78 Å². The fourth-order valence-electron chi connectivity index (χ4n) is 7.05. The summed E-state index contributed by atoms with van der Waals surface area (Å²) >= 11 is 0. The molecule has 5 aliphatic rings. The lowest BCUT2D eigenvalue weighted by atomic mass is 9.48. The van der Waals surface area contributed by atoms with E-state index in [0.29, 0.717) is 12.3 Å². The van der Waals surface area contributed by atoms with Gasteiger partial charge in [0.25, 0.3) is 0 Å². The molecule has 1 aliphatic heterocycles. The summed E-state index contributed by atoms with van der Waals surface area (Å²) in [4.78, 5) is 14.9. The molecule has 4 fully saturated rings. The molecule has 146 valence electrons. The standard InChI is InChI=1S/C23H31NO3/c1-26-20-8-18-3-4-24(13-19(18)9-21(20)27-2)14-22(25)23-10-15-5-16(11-23)7-17(6-15)12-23/h8-9,15-17H,3-7,10-14H2,1-2H3/p+1. The van der Waals surface area contributed by atoms with Gasteiger partial charge in [-0.3, -0.25) is 4.79 Å². The average Bonchev–Trinajstić information content (AvgIpc) is 2.65. The van der Waals surface area contributed by atoms with Crippen LogP contribution < -0.4 is 14.4 Å². The second kappa shape index (κ2) is 6.51. The van der Waals surface area contributed by atoms with Gasteiger partial charge in [0.1, 0.15) is 13.1 Å². The maximum atomic E-state index is 13.4. The van der Waals surface area contributed by atoms with Crippen molar-refractivity contribution in [3.8, 4) is 11.5 Å². The Hall–Kier alpha value is -1.55. The first-order valence-corrected chi connectivity index (χ1v) is 10.7. The van der Waals surface area contributed by atoms with E-state index in [9.17, 15) is 4.79 Å². The number of ether oxygens (including phenoxy) is 2. The predicted octanol–water partition coefficient (Wildman–Crippen LogP) is 2.43. The molecule has 4 heteroatoms. The third-order valence-electron chi connectivity index (χ3n) is 7.93. The van der Waals surface area contributed by atoms with E-state index in [0.717, 1.165) is 48.8 Å². The summed E-state index contributed by atoms with van der Waals surface area (Å²) < 4.78 is 10.9. The molecule has 4 nitrogen and oxygen atoms in total. The SMILES string of the molecule is COc1cc2c(cc1OC)C[NH+](CC(=O)C13CC4CC(CC(C4)C1)C3)CC2. The number of ketones is 1. The van der Waals surface area contributed by atoms with Gasteiger partial charge >= 0.3 is 0 Å². The second-order valence-corrected chi connectivity index (χ2v) is 9.70. The molecule has 1 N–H and O–H groups in total. The van der Waals surface area contributed by atoms with Crippen LogP contribution in [0.2, 0.25) is 0 Å². The lowest BCUT2D eigenvalue weighted by molar-refractivity contribution is -0.908. The van der Waals surface area contributed by atoms with Gasteiger partial charge in [-0.05, 0) is 74.0 Å². The van der Waals surface area contributed by atoms with Crippen LogP contribution in [0.1, 0.15) is 49.7 Å². The van der Waals surface area contributed by atoms with Crippen molar-refractivity contribution in [2.45, 2.75) is 51.5 Å². The van der Waals surface area contributed by atoms with Gasteiger partial charge in [0.2, 0.25) is 0 Å². The molecule has 6 rings (SSSR count). The highest BCUT2D eigenvalue weighted by Crippen LogP contribution is 2.60. The Morgan fingerprint density at radius 2 is 1.56 bits per heavy atom. The lowest BCUT2D eigenvalue weighted by Crippen LogP contribution is -3.12. The molecule has 0 saturated heterocycles. The van der Waals surface area contributed by atoms with E-state index in [1.54, 1.807) is 14.2 Å². The molecule has 0 aromatic heterocycles. The van der Waals surface area contributed by atoms with E-state index < -0.39 is 0 Å². The molecule has 4 bridgehead atoms. The summed E-state index contributed by atoms with van der Waals surface area (Å²) in [5.41, 5.74) is 2.70. The Kier molecular flexibility index (Phi) is 4.23. The summed E-state index contributed by atoms with van der Waals surface area (Å²) in [5.74, 6) is 4.70. The summed E-state index contributed by atoms with van der Waals surface area (Å²) in [6.07, 6.45) is 8.78. The zero-order chi connectivity index (χ0) is 18.6. The number of carbonyl (C=O) groups excluding carboxylic acids is 1. The minimum atomic E-state index is 0.0413. The van der Waals surface area contributed by atoms with E-state index in [1.165, 1.54) is 54.6 Å². The number of carbonyl (C=O) groups is 1. The number of nitrogens with one attached hydrogen (secondary N) is 1. The van der Waals surface area contributed by atoms with E-state index in [-0.39, 0.29) is 5.41 Å². The Bertz CT molecular complexity index is 721. The van der Waals surface area contributed by atoms with Crippen LogP contribution in [0.15, 0.2) is 12.1 Å². The van der Waals surface area contributed by atoms with Crippen molar-refractivity contribution in [3.63, 3.8) is 0 Å². The Labute approximate surface area is 162 Å². The molecule has 0 amide bonds. The largest absolute Gasteiger partial charge is 0.493 e. The third-order valence-corrected chi connectivity index (χ3v) is 7.93. The third kappa shape index (κ3) is 2.97. The maximum Gasteiger partial charge on any atom is 0.192 e. The van der Waals surface area contributed by atoms with E-state index in [1.807, 2.05) is 0 Å². The van der Waals surface area contributed by atoms with Crippen molar-refractivity contribution in [2.24, 2.45) is 23.2 Å². The maximum absolute atomic E-state index is 13.4. The number of methoxy groups -OCH3 is 2. The average molecular weight is 371 g/mol. The zero-order valence-electron chi connectivity index (χ0n) is 16.7. The summed E-state index contributed by atoms with van der Waals surface area (Å²) in [5, 5.41) is 0. The van der Waals surface area contributed by atoms with Gasteiger partial charge in [0, 0.05) is 17.4 Å². The van der Waals surface area contributed by atoms with Gasteiger partial charge in [-0.2, -0.15) is 0 Å². The van der Waals surface area contributed by atoms with Gasteiger partial charge < -0.3 is 14.4 Å². The first kappa shape index (κ1) is 17.5. The van der Waals surface area contributed by atoms with Crippen molar-refractivity contribution < 1.29 is 19.2 Å². The van der Waals surface area contributed by atoms with Crippen LogP contribution in [-0.2, 0) is 17.8 Å². The second-order valence-electron chi connectivity index (χ2n) is 9.70. The van der Waals surface area contributed by atoms with Crippen molar-refractivity contribution in [3.05, 3.63) is 23.3 Å². The highest BCUT2D eigenvalue weighted by molar-refractivity contribution is 5.86. The van der Waals surface area contributed by atoms with Crippen LogP contribution in [0.25, 0.3) is 0 Å². The molecule has 1 aromatic rings. The summed E-state index contributed by atoms with van der Waals surface area (Å²) in [7, 11) is 3.38. The normalized spacial score (nSPS) is 36.4. The molecule has 27 heavy (non-hydrogen) atoms. The van der Waals surface area contributed by atoms with Crippen molar-refractivity contribution in [2.75, 3.05) is 27.3 Å². The van der Waals surface area contributed by atoms with Gasteiger partial charge in [-0.15, -0.1) is 0 Å². The number of hydrogen-bond donors (Lipinski definition) is 1. The lowest BCUT2D eigenvalue weighted by Gasteiger charge is -2.55. The van der Waals surface area contributed by atoms with E-state index in [2.05, 4.69) is 12.1 Å². The number of Topliss-reactive ketones (excluding diaryl/α,β-unsaturated/α-hetero) is 1. The van der Waals surface area contributed by atoms with Crippen LogP contribution in [0.3, 0.4) is 0 Å². The number of rotatable bonds is 5. The molecule has 1 atom stereocenters. The van der Waals surface area contributed by atoms with Crippen LogP contribution in [-0.4, -0.2) is 33.1 Å². The Morgan fingerprint density at radius 3 is 2.11 bits per heavy atom. The Balaban J connectivity index is 1.31. The summed E-state index contributed by atoms with van der Waals surface area (Å²) in [6, 6.07) is 4.23. The number of benzene rings is 1. The first-order valence-electron chi connectivity index (χ1n) is 10.7. The first-order chi connectivity index (χ1) is 13.1. The smallest absolute Gasteiger partial charge is 0.192 e. The monoisotopic (exact) mass is 370 g/mol. The summed E-state index contributed by atoms with van der Waals surface area (Å²) in [6.45, 7) is 2.67. The van der Waals surface area contributed by atoms with Gasteiger partial charge in [-0.25, -0.2) is 0 Å². The number of fused-ring (bicyclic) bond motifs is 1. The zero-order valence-corrected chi connectivity index (χ0v) is 16.7. The fourth-order valence-corrected chi connectivity index (χ4v) is 7.05. The molecule has 4 aliphatic carbocycles. The fraction of sp³-hybridized carbons (Fsp3) is 0.696. The quantitative estimate of drug-likeness (QED) is 0.865. The van der Waals surface area contributed by atoms with E-state index >= 15 is 0 Å². The molecule has 0 radical (unpaired) electrons.